The van der Waals surface area contributed by atoms with Gasteiger partial charge in [0.1, 0.15) is 0 Å². The predicted molar refractivity (Wildman–Crippen MR) is 112 cm³/mol. The van der Waals surface area contributed by atoms with Gasteiger partial charge in [-0.25, -0.2) is 0 Å². The van der Waals surface area contributed by atoms with Crippen LogP contribution in [0.15, 0.2) is 36.9 Å². The Morgan fingerprint density at radius 3 is 2.23 bits per heavy atom. The summed E-state index contributed by atoms with van der Waals surface area (Å²) < 4.78 is 57.6. The molecule has 0 heterocycles. The Labute approximate surface area is 177 Å². The van der Waals surface area contributed by atoms with E-state index in [9.17, 15) is 22.4 Å². The summed E-state index contributed by atoms with van der Waals surface area (Å²) in [6, 6.07) is 5.32. The van der Waals surface area contributed by atoms with Gasteiger partial charge < -0.3 is 4.90 Å². The highest BCUT2D eigenvalue weighted by atomic mass is 19.3. The summed E-state index contributed by atoms with van der Waals surface area (Å²) in [6.07, 6.45) is 10.1. The molecule has 0 aliphatic heterocycles. The van der Waals surface area contributed by atoms with Gasteiger partial charge in [-0.05, 0) is 49.2 Å². The lowest BCUT2D eigenvalue weighted by molar-refractivity contribution is -0.222. The van der Waals surface area contributed by atoms with Gasteiger partial charge in [-0.15, -0.1) is 0 Å². The number of hydrogen-bond donors (Lipinski definition) is 0. The molecule has 0 spiro atoms. The highest BCUT2D eigenvalue weighted by Crippen LogP contribution is 2.44. The van der Waals surface area contributed by atoms with Gasteiger partial charge in [0.15, 0.2) is 0 Å². The molecule has 168 valence electrons. The molecule has 0 radical (unpaired) electrons. The van der Waals surface area contributed by atoms with Crippen LogP contribution < -0.4 is 0 Å². The standard InChI is InChI=1S/C24H33F4NO/c1-4-6-7-8-18-9-11-19(12-10-18)20-13-15-21(16-14-20)24(27,28)23(25,26)17-29(3)22(30)5-2/h5,13-16,18-19H,2,4,6-12,17H2,1,3H3. The first-order chi connectivity index (χ1) is 14.1. The monoisotopic (exact) mass is 427 g/mol. The molecule has 30 heavy (non-hydrogen) atoms. The van der Waals surface area contributed by atoms with Crippen molar-refractivity contribution < 1.29 is 22.4 Å². The smallest absolute Gasteiger partial charge is 0.336 e. The molecule has 0 unspecified atom stereocenters. The average molecular weight is 428 g/mol. The number of unbranched alkanes of at least 4 members (excludes halogenated alkanes) is 2. The van der Waals surface area contributed by atoms with Crippen molar-refractivity contribution >= 4 is 5.91 Å². The Morgan fingerprint density at radius 1 is 1.10 bits per heavy atom. The fraction of sp³-hybridized carbons (Fsp3) is 0.625. The van der Waals surface area contributed by atoms with Gasteiger partial charge in [0, 0.05) is 12.6 Å². The van der Waals surface area contributed by atoms with E-state index in [2.05, 4.69) is 13.5 Å². The number of halogens is 4. The average Bonchev–Trinajstić information content (AvgIpc) is 2.73. The molecule has 0 N–H and O–H groups in total. The van der Waals surface area contributed by atoms with Crippen LogP contribution in [0.1, 0.15) is 75.3 Å². The third-order valence-corrected chi connectivity index (χ3v) is 6.25. The van der Waals surface area contributed by atoms with E-state index in [1.807, 2.05) is 0 Å². The van der Waals surface area contributed by atoms with Gasteiger partial charge in [0.05, 0.1) is 6.54 Å². The third-order valence-electron chi connectivity index (χ3n) is 6.25. The van der Waals surface area contributed by atoms with Crippen molar-refractivity contribution in [3.05, 3.63) is 48.0 Å². The number of nitrogens with zero attached hydrogens (tertiary/aromatic N) is 1. The molecular weight excluding hydrogens is 394 g/mol. The zero-order valence-electron chi connectivity index (χ0n) is 18.0. The summed E-state index contributed by atoms with van der Waals surface area (Å²) in [5.74, 6) is -8.56. The Balaban J connectivity index is 2.00. The van der Waals surface area contributed by atoms with Crippen LogP contribution in [0.2, 0.25) is 0 Å². The van der Waals surface area contributed by atoms with E-state index in [1.54, 1.807) is 12.1 Å². The summed E-state index contributed by atoms with van der Waals surface area (Å²) in [5.41, 5.74) is 0.202. The first-order valence-corrected chi connectivity index (χ1v) is 10.9. The fourth-order valence-corrected chi connectivity index (χ4v) is 4.27. The first kappa shape index (κ1) is 24.4. The molecule has 1 amide bonds. The quantitative estimate of drug-likeness (QED) is 0.226. The van der Waals surface area contributed by atoms with Crippen molar-refractivity contribution in [2.45, 2.75) is 76.1 Å². The van der Waals surface area contributed by atoms with Gasteiger partial charge in [-0.2, -0.15) is 17.6 Å². The molecule has 0 saturated heterocycles. The van der Waals surface area contributed by atoms with Crippen LogP contribution >= 0.6 is 0 Å². The zero-order chi connectivity index (χ0) is 22.4. The minimum atomic E-state index is -4.39. The lowest BCUT2D eigenvalue weighted by Gasteiger charge is -2.31. The molecule has 6 heteroatoms. The number of carbonyl (C=O) groups is 1. The second kappa shape index (κ2) is 10.5. The van der Waals surface area contributed by atoms with Crippen molar-refractivity contribution in [3.8, 4) is 0 Å². The molecule has 1 aromatic carbocycles. The number of benzene rings is 1. The number of carbonyl (C=O) groups excluding carboxylic acids is 1. The number of alkyl halides is 4. The second-order valence-corrected chi connectivity index (χ2v) is 8.51. The Hall–Kier alpha value is -1.85. The fourth-order valence-electron chi connectivity index (χ4n) is 4.27. The van der Waals surface area contributed by atoms with Crippen molar-refractivity contribution in [3.63, 3.8) is 0 Å². The molecule has 1 fully saturated rings. The predicted octanol–water partition coefficient (Wildman–Crippen LogP) is 6.91. The van der Waals surface area contributed by atoms with Crippen LogP contribution in [0.25, 0.3) is 0 Å². The summed E-state index contributed by atoms with van der Waals surface area (Å²) in [5, 5.41) is 0. The molecule has 2 rings (SSSR count). The number of likely N-dealkylation sites (N-methyl/N-ethyl adjacent to an activating group) is 1. The van der Waals surface area contributed by atoms with Gasteiger partial charge in [0.2, 0.25) is 5.91 Å². The van der Waals surface area contributed by atoms with Crippen LogP contribution in [0.3, 0.4) is 0 Å². The minimum Gasteiger partial charge on any atom is -0.336 e. The molecule has 1 aliphatic carbocycles. The van der Waals surface area contributed by atoms with Gasteiger partial charge in [-0.1, -0.05) is 63.5 Å². The van der Waals surface area contributed by atoms with Gasteiger partial charge in [0.25, 0.3) is 0 Å². The van der Waals surface area contributed by atoms with Crippen molar-refractivity contribution in [1.29, 1.82) is 0 Å². The van der Waals surface area contributed by atoms with Crippen LogP contribution in [-0.2, 0) is 10.7 Å². The van der Waals surface area contributed by atoms with E-state index in [-0.39, 0.29) is 0 Å². The lowest BCUT2D eigenvalue weighted by atomic mass is 9.77. The Morgan fingerprint density at radius 2 is 1.70 bits per heavy atom. The maximum Gasteiger partial charge on any atom is 0.337 e. The minimum absolute atomic E-state index is 0.298. The highest BCUT2D eigenvalue weighted by molar-refractivity contribution is 5.86. The molecular formula is C24H33F4NO. The van der Waals surface area contributed by atoms with Crippen molar-refractivity contribution in [1.82, 2.24) is 4.90 Å². The highest BCUT2D eigenvalue weighted by Gasteiger charge is 2.58. The van der Waals surface area contributed by atoms with E-state index < -0.39 is 29.9 Å². The molecule has 1 aliphatic rings. The second-order valence-electron chi connectivity index (χ2n) is 8.51. The molecule has 2 nitrogen and oxygen atoms in total. The number of rotatable bonds is 10. The van der Waals surface area contributed by atoms with Gasteiger partial charge in [-0.3, -0.25) is 4.79 Å². The summed E-state index contributed by atoms with van der Waals surface area (Å²) in [7, 11) is 1.05. The molecule has 1 aromatic rings. The first-order valence-electron chi connectivity index (χ1n) is 10.9. The van der Waals surface area contributed by atoms with E-state index in [1.165, 1.54) is 25.7 Å². The maximum absolute atomic E-state index is 14.5. The largest absolute Gasteiger partial charge is 0.337 e. The van der Waals surface area contributed by atoms with Crippen LogP contribution in [0.4, 0.5) is 17.6 Å². The van der Waals surface area contributed by atoms with Crippen LogP contribution in [-0.4, -0.2) is 30.3 Å². The zero-order valence-corrected chi connectivity index (χ0v) is 18.0. The Kier molecular flexibility index (Phi) is 8.51. The molecule has 0 atom stereocenters. The van der Waals surface area contributed by atoms with E-state index in [0.29, 0.717) is 10.8 Å². The molecule has 0 aromatic heterocycles. The number of hydrogen-bond acceptors (Lipinski definition) is 1. The van der Waals surface area contributed by atoms with E-state index in [0.717, 1.165) is 62.4 Å². The summed E-state index contributed by atoms with van der Waals surface area (Å²) in [6.45, 7) is 4.00. The van der Waals surface area contributed by atoms with Crippen molar-refractivity contribution in [2.24, 2.45) is 5.92 Å². The van der Waals surface area contributed by atoms with E-state index in [4.69, 9.17) is 0 Å². The van der Waals surface area contributed by atoms with Crippen LogP contribution in [0.5, 0.6) is 0 Å². The van der Waals surface area contributed by atoms with Crippen molar-refractivity contribution in [2.75, 3.05) is 13.6 Å². The topological polar surface area (TPSA) is 20.3 Å². The molecule has 0 bridgehead atoms. The molecule has 1 saturated carbocycles. The third kappa shape index (κ3) is 5.86. The normalized spacial score (nSPS) is 20.1. The van der Waals surface area contributed by atoms with Crippen LogP contribution in [0, 0.1) is 5.92 Å². The van der Waals surface area contributed by atoms with E-state index >= 15 is 0 Å². The SMILES string of the molecule is C=CC(=O)N(C)CC(F)(F)C(F)(F)c1ccc(C2CCC(CCCCC)CC2)cc1. The number of amides is 1. The maximum atomic E-state index is 14.5. The summed E-state index contributed by atoms with van der Waals surface area (Å²) in [4.78, 5) is 11.9. The Bertz CT molecular complexity index is 694. The lowest BCUT2D eigenvalue weighted by Crippen LogP contribution is -2.47. The van der Waals surface area contributed by atoms with Gasteiger partial charge >= 0.3 is 11.8 Å². The summed E-state index contributed by atoms with van der Waals surface area (Å²) >= 11 is 0.